The number of hydrogen-bond acceptors (Lipinski definition) is 2. The molecule has 0 spiro atoms. The van der Waals surface area contributed by atoms with Crippen LogP contribution in [0.25, 0.3) is 0 Å². The van der Waals surface area contributed by atoms with Crippen molar-refractivity contribution in [3.8, 4) is 0 Å². The summed E-state index contributed by atoms with van der Waals surface area (Å²) >= 11 is 9.50. The van der Waals surface area contributed by atoms with Crippen LogP contribution in [-0.2, 0) is 0 Å². The van der Waals surface area contributed by atoms with E-state index in [1.165, 1.54) is 0 Å². The van der Waals surface area contributed by atoms with E-state index < -0.39 is 0 Å². The Labute approximate surface area is 119 Å². The Balaban J connectivity index is 2.51. The van der Waals surface area contributed by atoms with Crippen LogP contribution in [0.4, 0.5) is 5.69 Å². The fraction of sp³-hybridized carbons (Fsp3) is 0.0714. The number of nitrogen functional groups attached to an aromatic ring is 1. The van der Waals surface area contributed by atoms with Crippen LogP contribution in [-0.4, -0.2) is 5.78 Å². The van der Waals surface area contributed by atoms with Crippen LogP contribution in [0.15, 0.2) is 40.9 Å². The zero-order valence-corrected chi connectivity index (χ0v) is 12.0. The van der Waals surface area contributed by atoms with Crippen molar-refractivity contribution in [2.45, 2.75) is 6.92 Å². The molecule has 2 rings (SSSR count). The van der Waals surface area contributed by atoms with Gasteiger partial charge in [-0.25, -0.2) is 0 Å². The third-order valence-electron chi connectivity index (χ3n) is 2.67. The van der Waals surface area contributed by atoms with Gasteiger partial charge in [-0.3, -0.25) is 4.79 Å². The lowest BCUT2D eigenvalue weighted by Gasteiger charge is -2.08. The van der Waals surface area contributed by atoms with Crippen LogP contribution >= 0.6 is 27.5 Å². The predicted octanol–water partition coefficient (Wildman–Crippen LogP) is 4.22. The minimum absolute atomic E-state index is 0.115. The Bertz CT molecular complexity index is 625. The highest BCUT2D eigenvalue weighted by molar-refractivity contribution is 9.10. The Morgan fingerprint density at radius 1 is 1.22 bits per heavy atom. The van der Waals surface area contributed by atoms with Crippen molar-refractivity contribution in [3.63, 3.8) is 0 Å². The second kappa shape index (κ2) is 5.12. The summed E-state index contributed by atoms with van der Waals surface area (Å²) in [5, 5.41) is 0.492. The van der Waals surface area contributed by atoms with E-state index >= 15 is 0 Å². The van der Waals surface area contributed by atoms with Gasteiger partial charge in [-0.2, -0.15) is 0 Å². The number of ketones is 1. The number of aryl methyl sites for hydroxylation is 1. The molecule has 0 fully saturated rings. The summed E-state index contributed by atoms with van der Waals surface area (Å²) in [5.74, 6) is -0.115. The third kappa shape index (κ3) is 2.42. The van der Waals surface area contributed by atoms with Crippen LogP contribution in [0.3, 0.4) is 0 Å². The largest absolute Gasteiger partial charge is 0.399 e. The van der Waals surface area contributed by atoms with E-state index in [9.17, 15) is 4.79 Å². The summed E-state index contributed by atoms with van der Waals surface area (Å²) in [6, 6.07) is 10.5. The fourth-order valence-corrected chi connectivity index (χ4v) is 2.47. The molecule has 0 aliphatic heterocycles. The lowest BCUT2D eigenvalue weighted by Crippen LogP contribution is -2.04. The first-order chi connectivity index (χ1) is 8.50. The van der Waals surface area contributed by atoms with E-state index in [4.69, 9.17) is 17.3 Å². The smallest absolute Gasteiger partial charge is 0.195 e. The Kier molecular flexibility index (Phi) is 3.73. The first-order valence-corrected chi connectivity index (χ1v) is 6.52. The quantitative estimate of drug-likeness (QED) is 0.664. The number of hydrogen-bond donors (Lipinski definition) is 1. The number of anilines is 1. The van der Waals surface area contributed by atoms with E-state index in [-0.39, 0.29) is 5.78 Å². The molecule has 0 atom stereocenters. The van der Waals surface area contributed by atoms with Crippen molar-refractivity contribution in [1.29, 1.82) is 0 Å². The van der Waals surface area contributed by atoms with Gasteiger partial charge in [0.1, 0.15) is 0 Å². The highest BCUT2D eigenvalue weighted by Crippen LogP contribution is 2.27. The van der Waals surface area contributed by atoms with Crippen LogP contribution in [0.5, 0.6) is 0 Å². The van der Waals surface area contributed by atoms with Crippen molar-refractivity contribution in [2.75, 3.05) is 5.73 Å². The summed E-state index contributed by atoms with van der Waals surface area (Å²) in [6.45, 7) is 1.87. The molecule has 2 aromatic carbocycles. The molecule has 0 saturated heterocycles. The Morgan fingerprint density at radius 3 is 2.61 bits per heavy atom. The third-order valence-corrected chi connectivity index (χ3v) is 3.83. The minimum atomic E-state index is -0.115. The number of benzene rings is 2. The molecular weight excluding hydrogens is 314 g/mol. The Hall–Kier alpha value is -1.32. The van der Waals surface area contributed by atoms with Crippen LogP contribution in [0, 0.1) is 6.92 Å². The summed E-state index contributed by atoms with van der Waals surface area (Å²) in [5.41, 5.74) is 8.20. The molecule has 4 heteroatoms. The number of halogens is 2. The molecule has 0 unspecified atom stereocenters. The van der Waals surface area contributed by atoms with Gasteiger partial charge in [-0.1, -0.05) is 23.7 Å². The molecule has 18 heavy (non-hydrogen) atoms. The molecule has 0 aliphatic rings. The second-order valence-corrected chi connectivity index (χ2v) is 5.24. The molecule has 0 saturated carbocycles. The molecule has 2 nitrogen and oxygen atoms in total. The fourth-order valence-electron chi connectivity index (χ4n) is 1.68. The lowest BCUT2D eigenvalue weighted by atomic mass is 10.0. The maximum atomic E-state index is 12.4. The van der Waals surface area contributed by atoms with Gasteiger partial charge in [-0.05, 0) is 52.7 Å². The minimum Gasteiger partial charge on any atom is -0.399 e. The summed E-state index contributed by atoms with van der Waals surface area (Å²) in [7, 11) is 0. The number of carbonyl (C=O) groups is 1. The number of nitrogens with two attached hydrogens (primary N) is 1. The van der Waals surface area contributed by atoms with E-state index in [2.05, 4.69) is 15.9 Å². The highest BCUT2D eigenvalue weighted by atomic mass is 79.9. The first kappa shape index (κ1) is 13.1. The normalized spacial score (nSPS) is 10.4. The Morgan fingerprint density at radius 2 is 1.94 bits per heavy atom. The zero-order valence-electron chi connectivity index (χ0n) is 9.71. The van der Waals surface area contributed by atoms with Gasteiger partial charge in [0.15, 0.2) is 5.78 Å². The van der Waals surface area contributed by atoms with E-state index in [0.717, 1.165) is 5.56 Å². The summed E-state index contributed by atoms with van der Waals surface area (Å²) in [4.78, 5) is 12.4. The lowest BCUT2D eigenvalue weighted by molar-refractivity contribution is 0.103. The molecule has 2 aromatic rings. The monoisotopic (exact) mass is 323 g/mol. The number of rotatable bonds is 2. The summed E-state index contributed by atoms with van der Waals surface area (Å²) in [6.07, 6.45) is 0. The van der Waals surface area contributed by atoms with Gasteiger partial charge < -0.3 is 5.73 Å². The average molecular weight is 325 g/mol. The van der Waals surface area contributed by atoms with Gasteiger partial charge in [0.25, 0.3) is 0 Å². The van der Waals surface area contributed by atoms with Gasteiger partial charge in [0.05, 0.1) is 5.02 Å². The highest BCUT2D eigenvalue weighted by Gasteiger charge is 2.16. The van der Waals surface area contributed by atoms with Crippen molar-refractivity contribution in [3.05, 3.63) is 62.6 Å². The van der Waals surface area contributed by atoms with E-state index in [1.54, 1.807) is 24.3 Å². The first-order valence-electron chi connectivity index (χ1n) is 5.35. The van der Waals surface area contributed by atoms with Crippen molar-refractivity contribution in [2.24, 2.45) is 0 Å². The maximum Gasteiger partial charge on any atom is 0.195 e. The molecule has 0 heterocycles. The standard InChI is InChI=1S/C14H11BrClNO/c1-8-3-2-4-11(13(8)16)14(18)10-6-5-9(17)7-12(10)15/h2-7H,17H2,1H3. The molecule has 0 amide bonds. The topological polar surface area (TPSA) is 43.1 Å². The average Bonchev–Trinajstić information content (AvgIpc) is 2.32. The van der Waals surface area contributed by atoms with E-state index in [0.29, 0.717) is 26.3 Å². The SMILES string of the molecule is Cc1cccc(C(=O)c2ccc(N)cc2Br)c1Cl. The number of carbonyl (C=O) groups excluding carboxylic acids is 1. The molecule has 0 aromatic heterocycles. The van der Waals surface area contributed by atoms with E-state index in [1.807, 2.05) is 19.1 Å². The maximum absolute atomic E-state index is 12.4. The van der Waals surface area contributed by atoms with Crippen LogP contribution in [0.2, 0.25) is 5.02 Å². The zero-order chi connectivity index (χ0) is 13.3. The van der Waals surface area contributed by atoms with Crippen molar-refractivity contribution in [1.82, 2.24) is 0 Å². The second-order valence-electron chi connectivity index (χ2n) is 4.00. The van der Waals surface area contributed by atoms with Gasteiger partial charge in [-0.15, -0.1) is 0 Å². The van der Waals surface area contributed by atoms with Crippen molar-refractivity contribution >= 4 is 39.0 Å². The van der Waals surface area contributed by atoms with Crippen LogP contribution < -0.4 is 5.73 Å². The molecule has 0 bridgehead atoms. The van der Waals surface area contributed by atoms with Crippen molar-refractivity contribution < 1.29 is 4.79 Å². The summed E-state index contributed by atoms with van der Waals surface area (Å²) < 4.78 is 0.671. The molecular formula is C14H11BrClNO. The molecule has 2 N–H and O–H groups in total. The molecule has 92 valence electrons. The van der Waals surface area contributed by atoms with Gasteiger partial charge >= 0.3 is 0 Å². The van der Waals surface area contributed by atoms with Gasteiger partial charge in [0.2, 0.25) is 0 Å². The van der Waals surface area contributed by atoms with Gasteiger partial charge in [0, 0.05) is 21.3 Å². The molecule has 0 radical (unpaired) electrons. The predicted molar refractivity (Wildman–Crippen MR) is 78.2 cm³/mol. The van der Waals surface area contributed by atoms with Crippen LogP contribution in [0.1, 0.15) is 21.5 Å². The molecule has 0 aliphatic carbocycles.